The second-order valence-corrected chi connectivity index (χ2v) is 5.25. The van der Waals surface area contributed by atoms with Gasteiger partial charge in [0.2, 0.25) is 0 Å². The normalized spacial score (nSPS) is 14.7. The third kappa shape index (κ3) is 2.81. The zero-order chi connectivity index (χ0) is 13.1. The van der Waals surface area contributed by atoms with Gasteiger partial charge in [0.1, 0.15) is 0 Å². The molecule has 0 aromatic carbocycles. The fourth-order valence-corrected chi connectivity index (χ4v) is 2.11. The van der Waals surface area contributed by atoms with Gasteiger partial charge in [0, 0.05) is 25.8 Å². The fourth-order valence-electron chi connectivity index (χ4n) is 2.11. The van der Waals surface area contributed by atoms with Crippen molar-refractivity contribution in [1.82, 2.24) is 9.88 Å². The number of rotatable bonds is 5. The lowest BCUT2D eigenvalue weighted by molar-refractivity contribution is 0.0723. The minimum Gasteiger partial charge on any atom is -0.386 e. The van der Waals surface area contributed by atoms with Crippen molar-refractivity contribution in [3.63, 3.8) is 0 Å². The second-order valence-electron chi connectivity index (χ2n) is 5.25. The molecule has 0 radical (unpaired) electrons. The summed E-state index contributed by atoms with van der Waals surface area (Å²) in [5, 5.41) is 3.03. The number of nitrogens with one attached hydrogen (secondary N) is 1. The minimum atomic E-state index is 0.123. The Bertz CT molecular complexity index is 427. The molecule has 4 nitrogen and oxygen atoms in total. The number of carbonyl (C=O) groups is 1. The predicted octanol–water partition coefficient (Wildman–Crippen LogP) is 2.38. The number of anilines is 1. The quantitative estimate of drug-likeness (QED) is 0.869. The topological polar surface area (TPSA) is 45.2 Å². The molecule has 1 amide bonds. The average Bonchev–Trinajstić information content (AvgIpc) is 3.19. The zero-order valence-electron chi connectivity index (χ0n) is 11.3. The van der Waals surface area contributed by atoms with Gasteiger partial charge in [-0.1, -0.05) is 13.8 Å². The highest BCUT2D eigenvalue weighted by Crippen LogP contribution is 2.30. The van der Waals surface area contributed by atoms with Crippen LogP contribution in [0.15, 0.2) is 18.5 Å². The van der Waals surface area contributed by atoms with E-state index >= 15 is 0 Å². The Kier molecular flexibility index (Phi) is 3.84. The third-order valence-corrected chi connectivity index (χ3v) is 3.13. The van der Waals surface area contributed by atoms with Gasteiger partial charge in [0.25, 0.3) is 5.91 Å². The molecular weight excluding hydrogens is 226 g/mol. The van der Waals surface area contributed by atoms with E-state index in [1.165, 1.54) is 0 Å². The van der Waals surface area contributed by atoms with Gasteiger partial charge in [0.15, 0.2) is 0 Å². The molecule has 18 heavy (non-hydrogen) atoms. The Balaban J connectivity index is 2.21. The zero-order valence-corrected chi connectivity index (χ0v) is 11.3. The maximum absolute atomic E-state index is 12.6. The highest BCUT2D eigenvalue weighted by molar-refractivity contribution is 5.99. The summed E-state index contributed by atoms with van der Waals surface area (Å²) in [6.45, 7) is 5.12. The highest BCUT2D eigenvalue weighted by atomic mass is 16.2. The highest BCUT2D eigenvalue weighted by Gasteiger charge is 2.33. The summed E-state index contributed by atoms with van der Waals surface area (Å²) in [7, 11) is 1.82. The summed E-state index contributed by atoms with van der Waals surface area (Å²) in [6, 6.07) is 2.24. The van der Waals surface area contributed by atoms with E-state index in [0.29, 0.717) is 12.0 Å². The first-order chi connectivity index (χ1) is 8.63. The van der Waals surface area contributed by atoms with Crippen LogP contribution in [0.3, 0.4) is 0 Å². The van der Waals surface area contributed by atoms with Crippen LogP contribution in [0.25, 0.3) is 0 Å². The lowest BCUT2D eigenvalue weighted by atomic mass is 10.1. The van der Waals surface area contributed by atoms with Crippen molar-refractivity contribution < 1.29 is 4.79 Å². The van der Waals surface area contributed by atoms with Gasteiger partial charge in [-0.05, 0) is 24.8 Å². The number of carbonyl (C=O) groups excluding carboxylic acids is 1. The molecule has 0 saturated heterocycles. The molecule has 98 valence electrons. The summed E-state index contributed by atoms with van der Waals surface area (Å²) < 4.78 is 0. The van der Waals surface area contributed by atoms with Gasteiger partial charge in [-0.25, -0.2) is 0 Å². The Morgan fingerprint density at radius 1 is 1.56 bits per heavy atom. The molecule has 1 N–H and O–H groups in total. The van der Waals surface area contributed by atoms with E-state index in [0.717, 1.165) is 30.6 Å². The predicted molar refractivity (Wildman–Crippen MR) is 72.7 cm³/mol. The first-order valence-corrected chi connectivity index (χ1v) is 6.56. The van der Waals surface area contributed by atoms with Gasteiger partial charge in [-0.3, -0.25) is 9.78 Å². The lowest BCUT2D eigenvalue weighted by Crippen LogP contribution is -2.36. The summed E-state index contributed by atoms with van der Waals surface area (Å²) in [6.07, 6.45) is 5.65. The van der Waals surface area contributed by atoms with Gasteiger partial charge < -0.3 is 10.2 Å². The maximum atomic E-state index is 12.6. The largest absolute Gasteiger partial charge is 0.386 e. The van der Waals surface area contributed by atoms with Crippen LogP contribution in [0, 0.1) is 5.92 Å². The van der Waals surface area contributed by atoms with Gasteiger partial charge in [0.05, 0.1) is 17.4 Å². The summed E-state index contributed by atoms with van der Waals surface area (Å²) in [5.74, 6) is 0.618. The van der Waals surface area contributed by atoms with Crippen molar-refractivity contribution in [2.75, 3.05) is 18.9 Å². The van der Waals surface area contributed by atoms with Crippen LogP contribution in [0.5, 0.6) is 0 Å². The molecule has 1 heterocycles. The van der Waals surface area contributed by atoms with E-state index in [1.54, 1.807) is 18.5 Å². The molecule has 1 aromatic heterocycles. The summed E-state index contributed by atoms with van der Waals surface area (Å²) in [4.78, 5) is 18.7. The van der Waals surface area contributed by atoms with Crippen LogP contribution in [0.1, 0.15) is 37.0 Å². The first-order valence-electron chi connectivity index (χ1n) is 6.56. The van der Waals surface area contributed by atoms with Crippen LogP contribution in [-0.2, 0) is 0 Å². The van der Waals surface area contributed by atoms with E-state index in [-0.39, 0.29) is 5.91 Å². The molecule has 1 fully saturated rings. The number of aromatic nitrogens is 1. The molecule has 0 spiro atoms. The van der Waals surface area contributed by atoms with Crippen LogP contribution in [0.2, 0.25) is 0 Å². The van der Waals surface area contributed by atoms with E-state index in [4.69, 9.17) is 0 Å². The van der Waals surface area contributed by atoms with Crippen LogP contribution < -0.4 is 5.32 Å². The lowest BCUT2D eigenvalue weighted by Gasteiger charge is -2.25. The van der Waals surface area contributed by atoms with Gasteiger partial charge in [-0.2, -0.15) is 0 Å². The maximum Gasteiger partial charge on any atom is 0.256 e. The average molecular weight is 247 g/mol. The van der Waals surface area contributed by atoms with E-state index in [1.807, 2.05) is 11.9 Å². The van der Waals surface area contributed by atoms with Crippen molar-refractivity contribution in [3.05, 3.63) is 24.0 Å². The van der Waals surface area contributed by atoms with E-state index in [2.05, 4.69) is 24.1 Å². The number of hydrogen-bond donors (Lipinski definition) is 1. The molecule has 1 aromatic rings. The smallest absolute Gasteiger partial charge is 0.256 e. The second kappa shape index (κ2) is 5.38. The standard InChI is InChI=1S/C14H21N3O/c1-10(2)9-17(11-4-5-11)14(18)12-6-7-16-8-13(12)15-3/h6-8,10-11,15H,4-5,9H2,1-3H3. The molecule has 1 saturated carbocycles. The van der Waals surface area contributed by atoms with Gasteiger partial charge in [-0.15, -0.1) is 0 Å². The molecule has 0 unspecified atom stereocenters. The van der Waals surface area contributed by atoms with Crippen LogP contribution >= 0.6 is 0 Å². The SMILES string of the molecule is CNc1cnccc1C(=O)N(CC(C)C)C1CC1. The Morgan fingerprint density at radius 3 is 2.83 bits per heavy atom. The number of pyridine rings is 1. The monoisotopic (exact) mass is 247 g/mol. The molecule has 0 atom stereocenters. The molecule has 1 aliphatic rings. The Morgan fingerprint density at radius 2 is 2.28 bits per heavy atom. The van der Waals surface area contributed by atoms with Crippen molar-refractivity contribution >= 4 is 11.6 Å². The van der Waals surface area contributed by atoms with Crippen molar-refractivity contribution in [3.8, 4) is 0 Å². The van der Waals surface area contributed by atoms with Crippen LogP contribution in [0.4, 0.5) is 5.69 Å². The number of hydrogen-bond acceptors (Lipinski definition) is 3. The van der Waals surface area contributed by atoms with Gasteiger partial charge >= 0.3 is 0 Å². The number of nitrogens with zero attached hydrogens (tertiary/aromatic N) is 2. The number of amides is 1. The Hall–Kier alpha value is -1.58. The molecular formula is C14H21N3O. The third-order valence-electron chi connectivity index (χ3n) is 3.13. The summed E-state index contributed by atoms with van der Waals surface area (Å²) >= 11 is 0. The molecule has 0 bridgehead atoms. The van der Waals surface area contributed by atoms with Crippen molar-refractivity contribution in [1.29, 1.82) is 0 Å². The van der Waals surface area contributed by atoms with Crippen LogP contribution in [-0.4, -0.2) is 35.4 Å². The van der Waals surface area contributed by atoms with Crippen molar-refractivity contribution in [2.24, 2.45) is 5.92 Å². The minimum absolute atomic E-state index is 0.123. The van der Waals surface area contributed by atoms with E-state index in [9.17, 15) is 4.79 Å². The van der Waals surface area contributed by atoms with Crippen molar-refractivity contribution in [2.45, 2.75) is 32.7 Å². The summed E-state index contributed by atoms with van der Waals surface area (Å²) in [5.41, 5.74) is 1.52. The van der Waals surface area contributed by atoms with E-state index < -0.39 is 0 Å². The molecule has 1 aliphatic carbocycles. The molecule has 2 rings (SSSR count). The first kappa shape index (κ1) is 12.9. The molecule has 0 aliphatic heterocycles. The molecule has 4 heteroatoms. The fraction of sp³-hybridized carbons (Fsp3) is 0.571. The Labute approximate surface area is 108 Å².